The number of benzene rings is 2. The molecule has 2 N–H and O–H groups in total. The highest BCUT2D eigenvalue weighted by molar-refractivity contribution is 7.80. The van der Waals surface area contributed by atoms with Crippen molar-refractivity contribution >= 4 is 57.8 Å². The molecule has 0 aromatic heterocycles. The number of anilines is 2. The number of hydrogen-bond donors (Lipinski definition) is 2. The van der Waals surface area contributed by atoms with Crippen LogP contribution in [0.1, 0.15) is 29.6 Å². The van der Waals surface area contributed by atoms with Crippen molar-refractivity contribution in [1.29, 1.82) is 0 Å². The third-order valence-electron chi connectivity index (χ3n) is 4.59. The lowest BCUT2D eigenvalue weighted by molar-refractivity contribution is 0.0977. The molecule has 0 bridgehead atoms. The summed E-state index contributed by atoms with van der Waals surface area (Å²) in [5.74, 6) is -0.547. The molecule has 0 spiro atoms. The molecule has 1 fully saturated rings. The van der Waals surface area contributed by atoms with E-state index >= 15 is 0 Å². The second-order valence-corrected chi connectivity index (χ2v) is 7.82. The molecule has 1 aliphatic rings. The lowest BCUT2D eigenvalue weighted by Crippen LogP contribution is -2.34. The van der Waals surface area contributed by atoms with Crippen molar-refractivity contribution in [2.75, 3.05) is 30.4 Å². The molecule has 5 nitrogen and oxygen atoms in total. The van der Waals surface area contributed by atoms with E-state index in [-0.39, 0.29) is 32.3 Å². The van der Waals surface area contributed by atoms with Crippen LogP contribution in [0.15, 0.2) is 30.3 Å². The van der Waals surface area contributed by atoms with Crippen molar-refractivity contribution < 1.29 is 13.9 Å². The van der Waals surface area contributed by atoms with Crippen molar-refractivity contribution in [3.63, 3.8) is 0 Å². The first-order valence-electron chi connectivity index (χ1n) is 9.09. The Bertz CT molecular complexity index is 913. The molecule has 1 amide bonds. The monoisotopic (exact) mass is 455 g/mol. The summed E-state index contributed by atoms with van der Waals surface area (Å²) < 4.78 is 19.6. The minimum absolute atomic E-state index is 0.0307. The van der Waals surface area contributed by atoms with Crippen LogP contribution >= 0.6 is 35.4 Å². The van der Waals surface area contributed by atoms with Crippen LogP contribution < -0.4 is 20.3 Å². The topological polar surface area (TPSA) is 53.6 Å². The lowest BCUT2D eigenvalue weighted by Gasteiger charge is -2.29. The number of carbonyl (C=O) groups excluding carboxylic acids is 1. The summed E-state index contributed by atoms with van der Waals surface area (Å²) in [5.41, 5.74) is 1.24. The normalized spacial score (nSPS) is 13.7. The first kappa shape index (κ1) is 21.6. The molecule has 1 aliphatic heterocycles. The quantitative estimate of drug-likeness (QED) is 0.615. The van der Waals surface area contributed by atoms with Gasteiger partial charge in [0.15, 0.2) is 10.9 Å². The number of nitrogens with zero attached hydrogens (tertiary/aromatic N) is 1. The number of hydrogen-bond acceptors (Lipinski definition) is 4. The van der Waals surface area contributed by atoms with E-state index in [1.165, 1.54) is 31.7 Å². The van der Waals surface area contributed by atoms with Gasteiger partial charge < -0.3 is 15.0 Å². The zero-order valence-corrected chi connectivity index (χ0v) is 18.1. The average Bonchev–Trinajstić information content (AvgIpc) is 2.68. The molecule has 29 heavy (non-hydrogen) atoms. The largest absolute Gasteiger partial charge is 0.494 e. The van der Waals surface area contributed by atoms with Gasteiger partial charge in [0.1, 0.15) is 5.82 Å². The number of ether oxygens (including phenoxy) is 1. The van der Waals surface area contributed by atoms with Gasteiger partial charge in [0.25, 0.3) is 5.91 Å². The molecule has 9 heteroatoms. The number of piperidine rings is 1. The van der Waals surface area contributed by atoms with Crippen molar-refractivity contribution in [2.24, 2.45) is 0 Å². The molecule has 0 unspecified atom stereocenters. The third-order valence-corrected chi connectivity index (χ3v) is 5.36. The van der Waals surface area contributed by atoms with E-state index in [0.29, 0.717) is 11.4 Å². The zero-order chi connectivity index (χ0) is 21.0. The number of methoxy groups -OCH3 is 1. The van der Waals surface area contributed by atoms with E-state index in [4.69, 9.17) is 40.2 Å². The lowest BCUT2D eigenvalue weighted by atomic mass is 10.1. The van der Waals surface area contributed by atoms with Crippen LogP contribution in [0.25, 0.3) is 0 Å². The second kappa shape index (κ2) is 9.61. The van der Waals surface area contributed by atoms with Crippen LogP contribution in [0.2, 0.25) is 10.0 Å². The molecule has 0 saturated carbocycles. The Labute approximate surface area is 184 Å². The number of carbonyl (C=O) groups is 1. The fourth-order valence-electron chi connectivity index (χ4n) is 3.20. The van der Waals surface area contributed by atoms with Crippen LogP contribution in [0.3, 0.4) is 0 Å². The second-order valence-electron chi connectivity index (χ2n) is 6.60. The Balaban J connectivity index is 1.64. The third kappa shape index (κ3) is 5.29. The molecule has 1 saturated heterocycles. The molecular weight excluding hydrogens is 436 g/mol. The Morgan fingerprint density at radius 1 is 1.14 bits per heavy atom. The predicted molar refractivity (Wildman–Crippen MR) is 119 cm³/mol. The van der Waals surface area contributed by atoms with Crippen LogP contribution in [0.4, 0.5) is 15.8 Å². The first-order chi connectivity index (χ1) is 13.9. The van der Waals surface area contributed by atoms with Gasteiger partial charge in [0.05, 0.1) is 22.8 Å². The summed E-state index contributed by atoms with van der Waals surface area (Å²) in [5, 5.41) is 5.79. The van der Waals surface area contributed by atoms with E-state index in [2.05, 4.69) is 10.6 Å². The maximum atomic E-state index is 14.5. The molecule has 154 valence electrons. The van der Waals surface area contributed by atoms with Gasteiger partial charge in [-0.25, -0.2) is 4.39 Å². The molecule has 2 aromatic rings. The highest BCUT2D eigenvalue weighted by atomic mass is 35.5. The van der Waals surface area contributed by atoms with Gasteiger partial charge >= 0.3 is 0 Å². The van der Waals surface area contributed by atoms with E-state index in [0.717, 1.165) is 25.9 Å². The summed E-state index contributed by atoms with van der Waals surface area (Å²) in [4.78, 5) is 14.4. The Kier molecular flexibility index (Phi) is 7.16. The summed E-state index contributed by atoms with van der Waals surface area (Å²) in [6.45, 7) is 1.70. The number of nitrogens with one attached hydrogen (secondary N) is 2. The van der Waals surface area contributed by atoms with E-state index in [1.54, 1.807) is 12.1 Å². The number of halogens is 3. The van der Waals surface area contributed by atoms with Gasteiger partial charge in [-0.05, 0) is 61.8 Å². The van der Waals surface area contributed by atoms with Gasteiger partial charge in [-0.2, -0.15) is 0 Å². The van der Waals surface area contributed by atoms with Crippen molar-refractivity contribution in [2.45, 2.75) is 19.3 Å². The number of thiocarbonyl (C=S) groups is 1. The highest BCUT2D eigenvalue weighted by Gasteiger charge is 2.17. The molecular formula is C20H20Cl2FN3O2S. The predicted octanol–water partition coefficient (Wildman–Crippen LogP) is 5.26. The van der Waals surface area contributed by atoms with Crippen LogP contribution in [-0.4, -0.2) is 31.2 Å². The van der Waals surface area contributed by atoms with Gasteiger partial charge in [-0.15, -0.1) is 0 Å². The van der Waals surface area contributed by atoms with Gasteiger partial charge in [-0.1, -0.05) is 23.2 Å². The van der Waals surface area contributed by atoms with Gasteiger partial charge in [0, 0.05) is 24.3 Å². The van der Waals surface area contributed by atoms with Gasteiger partial charge in [-0.3, -0.25) is 10.1 Å². The van der Waals surface area contributed by atoms with Gasteiger partial charge in [0.2, 0.25) is 0 Å². The smallest absolute Gasteiger partial charge is 0.257 e. The van der Waals surface area contributed by atoms with E-state index in [1.807, 2.05) is 4.90 Å². The summed E-state index contributed by atoms with van der Waals surface area (Å²) in [7, 11) is 1.43. The molecule has 0 atom stereocenters. The van der Waals surface area contributed by atoms with Crippen LogP contribution in [-0.2, 0) is 0 Å². The number of rotatable bonds is 4. The Morgan fingerprint density at radius 2 is 1.79 bits per heavy atom. The Morgan fingerprint density at radius 3 is 2.38 bits per heavy atom. The minimum atomic E-state index is -0.501. The van der Waals surface area contributed by atoms with Crippen LogP contribution in [0.5, 0.6) is 5.75 Å². The average molecular weight is 456 g/mol. The zero-order valence-electron chi connectivity index (χ0n) is 15.7. The maximum Gasteiger partial charge on any atom is 0.257 e. The minimum Gasteiger partial charge on any atom is -0.494 e. The van der Waals surface area contributed by atoms with E-state index < -0.39 is 5.91 Å². The molecule has 1 heterocycles. The standard InChI is InChI=1S/C20H20Cl2FN3O2S/c1-28-18-14(21)9-12(10-15(18)22)19(27)25-20(29)24-13-5-6-17(16(23)11-13)26-7-3-2-4-8-26/h5-6,9-11H,2-4,7-8H2,1H3,(H2,24,25,27,29). The highest BCUT2D eigenvalue weighted by Crippen LogP contribution is 2.33. The van der Waals surface area contributed by atoms with Crippen LogP contribution in [0, 0.1) is 5.82 Å². The fraction of sp³-hybridized carbons (Fsp3) is 0.300. The first-order valence-corrected chi connectivity index (χ1v) is 10.3. The van der Waals surface area contributed by atoms with Crippen molar-refractivity contribution in [3.8, 4) is 5.75 Å². The SMILES string of the molecule is COc1c(Cl)cc(C(=O)NC(=S)Nc2ccc(N3CCCCC3)c(F)c2)cc1Cl. The number of amides is 1. The summed E-state index contributed by atoms with van der Waals surface area (Å²) >= 11 is 17.3. The summed E-state index contributed by atoms with van der Waals surface area (Å²) in [6, 6.07) is 7.67. The van der Waals surface area contributed by atoms with E-state index in [9.17, 15) is 9.18 Å². The molecule has 0 radical (unpaired) electrons. The fourth-order valence-corrected chi connectivity index (χ4v) is 4.05. The van der Waals surface area contributed by atoms with Crippen molar-refractivity contribution in [3.05, 3.63) is 51.8 Å². The maximum absolute atomic E-state index is 14.5. The Hall–Kier alpha value is -2.09. The summed E-state index contributed by atoms with van der Waals surface area (Å²) in [6.07, 6.45) is 3.31. The molecule has 0 aliphatic carbocycles. The molecule has 2 aromatic carbocycles. The molecule has 3 rings (SSSR count). The van der Waals surface area contributed by atoms with Crippen molar-refractivity contribution in [1.82, 2.24) is 5.32 Å².